The third-order valence-electron chi connectivity index (χ3n) is 4.04. The lowest BCUT2D eigenvalue weighted by atomic mass is 10.2. The number of thiazole rings is 2. The molecule has 0 bridgehead atoms. The van der Waals surface area contributed by atoms with Crippen LogP contribution in [0.25, 0.3) is 10.2 Å². The lowest BCUT2D eigenvalue weighted by molar-refractivity contribution is 0.0988. The number of aryl methyl sites for hydroxylation is 2. The fourth-order valence-electron chi connectivity index (χ4n) is 2.82. The summed E-state index contributed by atoms with van der Waals surface area (Å²) in [7, 11) is 0. The molecule has 0 radical (unpaired) electrons. The average molecular weight is 380 g/mol. The maximum absolute atomic E-state index is 13.3. The Hall–Kier alpha value is -2.57. The second kappa shape index (κ2) is 6.97. The van der Waals surface area contributed by atoms with Crippen molar-refractivity contribution in [3.8, 4) is 0 Å². The van der Waals surface area contributed by atoms with E-state index in [4.69, 9.17) is 4.98 Å². The molecule has 0 atom stereocenters. The predicted molar refractivity (Wildman–Crippen MR) is 108 cm³/mol. The minimum atomic E-state index is -0.0454. The van der Waals surface area contributed by atoms with Crippen molar-refractivity contribution in [3.63, 3.8) is 0 Å². The molecule has 4 nitrogen and oxygen atoms in total. The van der Waals surface area contributed by atoms with Gasteiger partial charge < -0.3 is 0 Å². The molecule has 0 saturated carbocycles. The van der Waals surface area contributed by atoms with Crippen LogP contribution in [0.3, 0.4) is 0 Å². The molecule has 0 spiro atoms. The van der Waals surface area contributed by atoms with Crippen LogP contribution in [-0.4, -0.2) is 15.9 Å². The first-order chi connectivity index (χ1) is 12.6. The van der Waals surface area contributed by atoms with Crippen LogP contribution in [0.4, 0.5) is 5.13 Å². The van der Waals surface area contributed by atoms with Crippen LogP contribution in [-0.2, 0) is 6.54 Å². The molecule has 2 aromatic heterocycles. The summed E-state index contributed by atoms with van der Waals surface area (Å²) in [6.45, 7) is 4.29. The van der Waals surface area contributed by atoms with Crippen molar-refractivity contribution in [1.82, 2.24) is 9.97 Å². The van der Waals surface area contributed by atoms with E-state index in [-0.39, 0.29) is 5.91 Å². The largest absolute Gasteiger partial charge is 0.279 e. The number of carbonyl (C=O) groups excluding carboxylic acids is 1. The monoisotopic (exact) mass is 379 g/mol. The molecule has 0 aliphatic heterocycles. The molecular formula is C20H17N3OS2. The van der Waals surface area contributed by atoms with Gasteiger partial charge in [0.1, 0.15) is 4.88 Å². The van der Waals surface area contributed by atoms with Gasteiger partial charge in [-0.25, -0.2) is 9.97 Å². The third-order valence-corrected chi connectivity index (χ3v) is 6.16. The van der Waals surface area contributed by atoms with Crippen LogP contribution in [0.1, 0.15) is 25.9 Å². The van der Waals surface area contributed by atoms with Gasteiger partial charge in [0, 0.05) is 0 Å². The number of anilines is 1. The zero-order valence-corrected chi connectivity index (χ0v) is 16.1. The van der Waals surface area contributed by atoms with Gasteiger partial charge in [-0.3, -0.25) is 9.69 Å². The summed E-state index contributed by atoms with van der Waals surface area (Å²) in [5, 5.41) is 1.61. The molecule has 130 valence electrons. The van der Waals surface area contributed by atoms with Gasteiger partial charge in [0.15, 0.2) is 5.13 Å². The molecule has 0 fully saturated rings. The summed E-state index contributed by atoms with van der Waals surface area (Å²) >= 11 is 2.98. The maximum Gasteiger partial charge on any atom is 0.272 e. The number of amides is 1. The highest BCUT2D eigenvalue weighted by molar-refractivity contribution is 7.22. The van der Waals surface area contributed by atoms with Crippen molar-refractivity contribution in [2.45, 2.75) is 20.4 Å². The van der Waals surface area contributed by atoms with E-state index in [1.165, 1.54) is 22.7 Å². The quantitative estimate of drug-likeness (QED) is 0.488. The summed E-state index contributed by atoms with van der Waals surface area (Å²) < 4.78 is 1.07. The Morgan fingerprint density at radius 2 is 1.69 bits per heavy atom. The lowest BCUT2D eigenvalue weighted by Crippen LogP contribution is -2.30. The smallest absolute Gasteiger partial charge is 0.272 e. The summed E-state index contributed by atoms with van der Waals surface area (Å²) in [6, 6.07) is 18.0. The molecule has 4 aromatic rings. The number of rotatable bonds is 4. The number of aromatic nitrogens is 2. The van der Waals surface area contributed by atoms with Crippen molar-refractivity contribution in [3.05, 3.63) is 75.7 Å². The van der Waals surface area contributed by atoms with Crippen LogP contribution >= 0.6 is 22.7 Å². The second-order valence-corrected chi connectivity index (χ2v) is 8.20. The summed E-state index contributed by atoms with van der Waals surface area (Å²) in [6.07, 6.45) is 0. The number of nitrogens with zero attached hydrogens (tertiary/aromatic N) is 3. The maximum atomic E-state index is 13.3. The molecule has 6 heteroatoms. The minimum absolute atomic E-state index is 0.0454. The molecule has 4 rings (SSSR count). The van der Waals surface area contributed by atoms with Gasteiger partial charge >= 0.3 is 0 Å². The number of hydrogen-bond donors (Lipinski definition) is 0. The Balaban J connectivity index is 1.78. The van der Waals surface area contributed by atoms with Gasteiger partial charge in [0.25, 0.3) is 5.91 Å². The molecule has 0 N–H and O–H groups in total. The van der Waals surface area contributed by atoms with Crippen molar-refractivity contribution in [2.75, 3.05) is 4.90 Å². The van der Waals surface area contributed by atoms with E-state index in [0.717, 1.165) is 26.5 Å². The first kappa shape index (κ1) is 16.9. The van der Waals surface area contributed by atoms with Crippen LogP contribution in [0.2, 0.25) is 0 Å². The number of carbonyl (C=O) groups is 1. The van der Waals surface area contributed by atoms with Crippen LogP contribution in [0.15, 0.2) is 54.6 Å². The molecule has 0 unspecified atom stereocenters. The van der Waals surface area contributed by atoms with Gasteiger partial charge in [-0.1, -0.05) is 53.8 Å². The van der Waals surface area contributed by atoms with Gasteiger partial charge in [0.05, 0.1) is 27.5 Å². The Labute approximate surface area is 159 Å². The summed E-state index contributed by atoms with van der Waals surface area (Å²) in [4.78, 5) is 24.9. The molecule has 0 aliphatic rings. The summed E-state index contributed by atoms with van der Waals surface area (Å²) in [5.41, 5.74) is 2.76. The Bertz CT molecular complexity index is 1040. The predicted octanol–water partition coefficient (Wildman–Crippen LogP) is 5.22. The highest BCUT2D eigenvalue weighted by Gasteiger charge is 2.25. The zero-order valence-electron chi connectivity index (χ0n) is 14.5. The van der Waals surface area contributed by atoms with E-state index in [1.54, 1.807) is 4.90 Å². The van der Waals surface area contributed by atoms with Gasteiger partial charge in [0.2, 0.25) is 0 Å². The Kier molecular flexibility index (Phi) is 4.53. The zero-order chi connectivity index (χ0) is 18.1. The molecule has 26 heavy (non-hydrogen) atoms. The molecule has 0 saturated heterocycles. The van der Waals surface area contributed by atoms with E-state index in [1.807, 2.05) is 68.4 Å². The highest BCUT2D eigenvalue weighted by Crippen LogP contribution is 2.32. The lowest BCUT2D eigenvalue weighted by Gasteiger charge is -2.19. The van der Waals surface area contributed by atoms with E-state index < -0.39 is 0 Å². The number of benzene rings is 2. The molecule has 2 heterocycles. The van der Waals surface area contributed by atoms with Crippen LogP contribution in [0.5, 0.6) is 0 Å². The van der Waals surface area contributed by atoms with Crippen molar-refractivity contribution in [1.29, 1.82) is 0 Å². The van der Waals surface area contributed by atoms with Crippen LogP contribution in [0, 0.1) is 13.8 Å². The van der Waals surface area contributed by atoms with Gasteiger partial charge in [-0.2, -0.15) is 0 Å². The highest BCUT2D eigenvalue weighted by atomic mass is 32.1. The average Bonchev–Trinajstić information content (AvgIpc) is 3.22. The second-order valence-electron chi connectivity index (χ2n) is 5.99. The summed E-state index contributed by atoms with van der Waals surface area (Å²) in [5.74, 6) is -0.0454. The van der Waals surface area contributed by atoms with Gasteiger partial charge in [-0.05, 0) is 31.5 Å². The minimum Gasteiger partial charge on any atom is -0.279 e. The number of fused-ring (bicyclic) bond motifs is 1. The SMILES string of the molecule is Cc1nc(C)c(C(=O)N(Cc2ccccc2)c2nc3ccccc3s2)s1. The molecule has 2 aromatic carbocycles. The van der Waals surface area contributed by atoms with E-state index in [2.05, 4.69) is 4.98 Å². The number of para-hydroxylation sites is 1. The first-order valence-corrected chi connectivity index (χ1v) is 9.90. The Morgan fingerprint density at radius 3 is 2.38 bits per heavy atom. The number of hydrogen-bond acceptors (Lipinski definition) is 5. The van der Waals surface area contributed by atoms with Crippen molar-refractivity contribution < 1.29 is 4.79 Å². The van der Waals surface area contributed by atoms with Crippen molar-refractivity contribution in [2.24, 2.45) is 0 Å². The van der Waals surface area contributed by atoms with Crippen LogP contribution < -0.4 is 4.90 Å². The molecule has 1 amide bonds. The molecular weight excluding hydrogens is 362 g/mol. The topological polar surface area (TPSA) is 46.1 Å². The molecule has 0 aliphatic carbocycles. The van der Waals surface area contributed by atoms with E-state index in [0.29, 0.717) is 16.6 Å². The normalized spacial score (nSPS) is 11.0. The Morgan fingerprint density at radius 1 is 0.962 bits per heavy atom. The van der Waals surface area contributed by atoms with E-state index in [9.17, 15) is 4.79 Å². The first-order valence-electron chi connectivity index (χ1n) is 8.27. The van der Waals surface area contributed by atoms with E-state index >= 15 is 0 Å². The fourth-order valence-corrected chi connectivity index (χ4v) is 4.65. The van der Waals surface area contributed by atoms with Gasteiger partial charge in [-0.15, -0.1) is 11.3 Å². The van der Waals surface area contributed by atoms with Crippen molar-refractivity contribution >= 4 is 43.9 Å². The third kappa shape index (κ3) is 3.25. The fraction of sp³-hybridized carbons (Fsp3) is 0.150. The standard InChI is InChI=1S/C20H17N3OS2/c1-13-18(25-14(2)21-13)19(24)23(12-15-8-4-3-5-9-15)20-22-16-10-6-7-11-17(16)26-20/h3-11H,12H2,1-2H3.